The standard InChI is InChI=1S/C19H27N3O3/c1-20-13-15-4-2-10-22(15)19(24)5-3-11-25-16-7-8-17-14(12-16)6-9-18(23)21-17/h7-8,12,15,20H,2-6,9-11,13H2,1H3,(H,21,23). The lowest BCUT2D eigenvalue weighted by Gasteiger charge is -2.24. The van der Waals surface area contributed by atoms with E-state index in [0.29, 0.717) is 25.5 Å². The van der Waals surface area contributed by atoms with E-state index in [2.05, 4.69) is 10.6 Å². The second-order valence-electron chi connectivity index (χ2n) is 6.76. The van der Waals surface area contributed by atoms with Crippen molar-refractivity contribution in [2.75, 3.05) is 32.1 Å². The van der Waals surface area contributed by atoms with E-state index in [1.165, 1.54) is 0 Å². The van der Waals surface area contributed by atoms with Gasteiger partial charge < -0.3 is 20.3 Å². The molecule has 2 aliphatic heterocycles. The van der Waals surface area contributed by atoms with Crippen LogP contribution in [-0.4, -0.2) is 49.5 Å². The van der Waals surface area contributed by atoms with Crippen LogP contribution in [0.25, 0.3) is 0 Å². The van der Waals surface area contributed by atoms with Gasteiger partial charge in [0.15, 0.2) is 0 Å². The summed E-state index contributed by atoms with van der Waals surface area (Å²) in [5.41, 5.74) is 1.99. The third-order valence-electron chi connectivity index (χ3n) is 4.91. The van der Waals surface area contributed by atoms with Gasteiger partial charge in [0.1, 0.15) is 5.75 Å². The maximum atomic E-state index is 12.4. The molecule has 0 saturated carbocycles. The molecule has 1 saturated heterocycles. The second-order valence-corrected chi connectivity index (χ2v) is 6.76. The molecule has 1 atom stereocenters. The van der Waals surface area contributed by atoms with Crippen molar-refractivity contribution in [3.8, 4) is 5.75 Å². The Morgan fingerprint density at radius 3 is 3.12 bits per heavy atom. The number of amides is 2. The summed E-state index contributed by atoms with van der Waals surface area (Å²) in [5.74, 6) is 1.10. The van der Waals surface area contributed by atoms with Crippen molar-refractivity contribution in [2.45, 2.75) is 44.6 Å². The second kappa shape index (κ2) is 8.34. The fourth-order valence-corrected chi connectivity index (χ4v) is 3.62. The minimum absolute atomic E-state index is 0.0678. The predicted octanol–water partition coefficient (Wildman–Crippen LogP) is 1.94. The van der Waals surface area contributed by atoms with E-state index in [4.69, 9.17) is 4.74 Å². The molecule has 0 bridgehead atoms. The van der Waals surface area contributed by atoms with Gasteiger partial charge in [-0.05, 0) is 56.5 Å². The number of aryl methyl sites for hydroxylation is 1. The molecule has 6 heteroatoms. The molecule has 1 aromatic carbocycles. The Morgan fingerprint density at radius 1 is 1.40 bits per heavy atom. The molecule has 136 valence electrons. The molecule has 1 aromatic rings. The summed E-state index contributed by atoms with van der Waals surface area (Å²) in [5, 5.41) is 6.03. The molecule has 2 aliphatic rings. The Balaban J connectivity index is 1.42. The molecular weight excluding hydrogens is 318 g/mol. The minimum Gasteiger partial charge on any atom is -0.494 e. The lowest BCUT2D eigenvalue weighted by molar-refractivity contribution is -0.132. The Hall–Kier alpha value is -2.08. The highest BCUT2D eigenvalue weighted by molar-refractivity contribution is 5.94. The molecule has 3 rings (SSSR count). The topological polar surface area (TPSA) is 70.7 Å². The summed E-state index contributed by atoms with van der Waals surface area (Å²) in [6.45, 7) is 2.28. The van der Waals surface area contributed by atoms with E-state index in [0.717, 1.165) is 55.8 Å². The van der Waals surface area contributed by atoms with Crippen LogP contribution in [0.1, 0.15) is 37.7 Å². The monoisotopic (exact) mass is 345 g/mol. The maximum absolute atomic E-state index is 12.4. The summed E-state index contributed by atoms with van der Waals surface area (Å²) < 4.78 is 5.79. The Morgan fingerprint density at radius 2 is 2.28 bits per heavy atom. The van der Waals surface area contributed by atoms with Crippen LogP contribution in [0.15, 0.2) is 18.2 Å². The number of ether oxygens (including phenoxy) is 1. The Bertz CT molecular complexity index is 632. The third-order valence-corrected chi connectivity index (χ3v) is 4.91. The van der Waals surface area contributed by atoms with Crippen molar-refractivity contribution in [3.05, 3.63) is 23.8 Å². The van der Waals surface area contributed by atoms with Crippen LogP contribution in [0.5, 0.6) is 5.75 Å². The zero-order valence-corrected chi connectivity index (χ0v) is 14.8. The molecule has 0 radical (unpaired) electrons. The minimum atomic E-state index is 0.0678. The van der Waals surface area contributed by atoms with Crippen LogP contribution < -0.4 is 15.4 Å². The molecule has 0 aliphatic carbocycles. The Labute approximate surface area is 148 Å². The SMILES string of the molecule is CNCC1CCCN1C(=O)CCCOc1ccc2c(c1)CCC(=O)N2. The summed E-state index contributed by atoms with van der Waals surface area (Å²) in [6.07, 6.45) is 4.71. The summed E-state index contributed by atoms with van der Waals surface area (Å²) in [6, 6.07) is 6.09. The highest BCUT2D eigenvalue weighted by atomic mass is 16.5. The van der Waals surface area contributed by atoms with Crippen molar-refractivity contribution < 1.29 is 14.3 Å². The fourth-order valence-electron chi connectivity index (χ4n) is 3.62. The van der Waals surface area contributed by atoms with Crippen molar-refractivity contribution in [1.82, 2.24) is 10.2 Å². The smallest absolute Gasteiger partial charge is 0.224 e. The molecule has 6 nitrogen and oxygen atoms in total. The molecule has 1 unspecified atom stereocenters. The van der Waals surface area contributed by atoms with Crippen molar-refractivity contribution in [3.63, 3.8) is 0 Å². The summed E-state index contributed by atoms with van der Waals surface area (Å²) >= 11 is 0. The number of benzene rings is 1. The molecule has 2 N–H and O–H groups in total. The van der Waals surface area contributed by atoms with Gasteiger partial charge in [-0.1, -0.05) is 0 Å². The maximum Gasteiger partial charge on any atom is 0.224 e. The number of nitrogens with one attached hydrogen (secondary N) is 2. The van der Waals surface area contributed by atoms with Crippen LogP contribution >= 0.6 is 0 Å². The molecule has 0 aromatic heterocycles. The fraction of sp³-hybridized carbons (Fsp3) is 0.579. The largest absolute Gasteiger partial charge is 0.494 e. The van der Waals surface area contributed by atoms with Crippen LogP contribution in [0.2, 0.25) is 0 Å². The first-order valence-electron chi connectivity index (χ1n) is 9.17. The van der Waals surface area contributed by atoms with Gasteiger partial charge in [-0.3, -0.25) is 9.59 Å². The average Bonchev–Trinajstić information content (AvgIpc) is 3.07. The number of anilines is 1. The van der Waals surface area contributed by atoms with Crippen LogP contribution in [-0.2, 0) is 16.0 Å². The van der Waals surface area contributed by atoms with Gasteiger partial charge in [-0.25, -0.2) is 0 Å². The van der Waals surface area contributed by atoms with Gasteiger partial charge >= 0.3 is 0 Å². The van der Waals surface area contributed by atoms with Gasteiger partial charge in [0.25, 0.3) is 0 Å². The lowest BCUT2D eigenvalue weighted by atomic mass is 10.0. The van der Waals surface area contributed by atoms with Gasteiger partial charge in [0, 0.05) is 37.7 Å². The molecule has 2 amide bonds. The summed E-state index contributed by atoms with van der Waals surface area (Å²) in [7, 11) is 1.93. The van der Waals surface area contributed by atoms with E-state index < -0.39 is 0 Å². The summed E-state index contributed by atoms with van der Waals surface area (Å²) in [4.78, 5) is 25.8. The average molecular weight is 345 g/mol. The number of hydrogen-bond donors (Lipinski definition) is 2. The van der Waals surface area contributed by atoms with Crippen LogP contribution in [0.3, 0.4) is 0 Å². The van der Waals surface area contributed by atoms with Gasteiger partial charge in [0.05, 0.1) is 6.61 Å². The first-order chi connectivity index (χ1) is 12.2. The predicted molar refractivity (Wildman–Crippen MR) is 96.8 cm³/mol. The normalized spacial score (nSPS) is 19.5. The Kier molecular flexibility index (Phi) is 5.91. The van der Waals surface area contributed by atoms with E-state index in [1.807, 2.05) is 30.1 Å². The molecule has 0 spiro atoms. The molecular formula is C19H27N3O3. The number of nitrogens with zero attached hydrogens (tertiary/aromatic N) is 1. The zero-order valence-electron chi connectivity index (χ0n) is 14.8. The number of carbonyl (C=O) groups is 2. The van der Waals surface area contributed by atoms with Crippen molar-refractivity contribution >= 4 is 17.5 Å². The van der Waals surface area contributed by atoms with E-state index in [9.17, 15) is 9.59 Å². The first-order valence-corrected chi connectivity index (χ1v) is 9.17. The number of rotatable bonds is 7. The molecule has 2 heterocycles. The van der Waals surface area contributed by atoms with Crippen molar-refractivity contribution in [2.24, 2.45) is 0 Å². The highest BCUT2D eigenvalue weighted by Gasteiger charge is 2.27. The number of hydrogen-bond acceptors (Lipinski definition) is 4. The van der Waals surface area contributed by atoms with Crippen LogP contribution in [0.4, 0.5) is 5.69 Å². The number of likely N-dealkylation sites (tertiary alicyclic amines) is 1. The van der Waals surface area contributed by atoms with Crippen molar-refractivity contribution in [1.29, 1.82) is 0 Å². The van der Waals surface area contributed by atoms with Crippen LogP contribution in [0, 0.1) is 0 Å². The number of likely N-dealkylation sites (N-methyl/N-ethyl adjacent to an activating group) is 1. The third kappa shape index (κ3) is 4.51. The van der Waals surface area contributed by atoms with E-state index in [1.54, 1.807) is 0 Å². The van der Waals surface area contributed by atoms with E-state index >= 15 is 0 Å². The highest BCUT2D eigenvalue weighted by Crippen LogP contribution is 2.27. The quantitative estimate of drug-likeness (QED) is 0.741. The number of fused-ring (bicyclic) bond motifs is 1. The molecule has 1 fully saturated rings. The number of carbonyl (C=O) groups excluding carboxylic acids is 2. The lowest BCUT2D eigenvalue weighted by Crippen LogP contribution is -2.40. The van der Waals surface area contributed by atoms with Gasteiger partial charge in [-0.15, -0.1) is 0 Å². The first kappa shape index (κ1) is 17.7. The molecule has 25 heavy (non-hydrogen) atoms. The van der Waals surface area contributed by atoms with Gasteiger partial charge in [0.2, 0.25) is 11.8 Å². The van der Waals surface area contributed by atoms with E-state index in [-0.39, 0.29) is 11.8 Å². The zero-order chi connectivity index (χ0) is 17.6. The van der Waals surface area contributed by atoms with Gasteiger partial charge in [-0.2, -0.15) is 0 Å².